The number of hydrogen-bond acceptors (Lipinski definition) is 21. The summed E-state index contributed by atoms with van der Waals surface area (Å²) in [5, 5.41) is 32.5. The lowest BCUT2D eigenvalue weighted by Gasteiger charge is -2.52. The molecular formula is C59H90FN7O15. The molecule has 4 N–H and O–H groups in total. The van der Waals surface area contributed by atoms with Crippen molar-refractivity contribution in [2.75, 3.05) is 47.3 Å². The van der Waals surface area contributed by atoms with E-state index in [9.17, 15) is 29.4 Å². The first-order valence-electron chi connectivity index (χ1n) is 28.5. The summed E-state index contributed by atoms with van der Waals surface area (Å²) < 4.78 is 74.1. The highest BCUT2D eigenvalue weighted by Crippen LogP contribution is 2.47. The van der Waals surface area contributed by atoms with Crippen molar-refractivity contribution in [1.29, 1.82) is 0 Å². The molecule has 1 aromatic carbocycles. The zero-order valence-electron chi connectivity index (χ0n) is 50.6. The number of rotatable bonds is 18. The van der Waals surface area contributed by atoms with Gasteiger partial charge in [-0.25, -0.2) is 19.0 Å². The van der Waals surface area contributed by atoms with E-state index in [1.165, 1.54) is 53.7 Å². The van der Waals surface area contributed by atoms with E-state index in [1.807, 2.05) is 57.0 Å². The number of aliphatic hydroxyl groups is 2. The van der Waals surface area contributed by atoms with Gasteiger partial charge in [-0.2, -0.15) is 0 Å². The van der Waals surface area contributed by atoms with Crippen LogP contribution in [-0.4, -0.2) is 183 Å². The van der Waals surface area contributed by atoms with Crippen LogP contribution >= 0.6 is 0 Å². The molecule has 1 unspecified atom stereocenters. The largest absolute Gasteiger partial charge is 0.459 e. The molecule has 0 saturated carbocycles. The number of esters is 3. The Bertz CT molecular complexity index is 2600. The van der Waals surface area contributed by atoms with Crippen LogP contribution < -0.4 is 5.73 Å². The summed E-state index contributed by atoms with van der Waals surface area (Å²) in [6.07, 6.45) is -3.87. The number of alkyl halides is 1. The number of aliphatic hydroxyl groups excluding tert-OH is 1. The lowest BCUT2D eigenvalue weighted by Crippen LogP contribution is -2.63. The molecule has 6 rings (SSSR count). The number of cyclic esters (lactones) is 1. The number of carbonyl (C=O) groups is 4. The normalized spacial score (nSPS) is 36.0. The highest BCUT2D eigenvalue weighted by molar-refractivity contribution is 5.83. The van der Waals surface area contributed by atoms with Gasteiger partial charge in [-0.3, -0.25) is 24.1 Å². The minimum atomic E-state index is -2.04. The maximum absolute atomic E-state index is 15.1. The summed E-state index contributed by atoms with van der Waals surface area (Å²) in [7, 11) is 6.42. The monoisotopic (exact) mass is 1160 g/mol. The van der Waals surface area contributed by atoms with Gasteiger partial charge in [0.15, 0.2) is 18.5 Å². The van der Waals surface area contributed by atoms with Gasteiger partial charge < -0.3 is 58.6 Å². The summed E-state index contributed by atoms with van der Waals surface area (Å²) in [6, 6.07) is 6.09. The first kappa shape index (κ1) is 66.0. The molecule has 0 spiro atoms. The van der Waals surface area contributed by atoms with Gasteiger partial charge in [0.2, 0.25) is 5.95 Å². The molecule has 3 aliphatic rings. The van der Waals surface area contributed by atoms with Gasteiger partial charge >= 0.3 is 17.9 Å². The fraction of sp³-hybridized carbons (Fsp3) is 0.729. The van der Waals surface area contributed by atoms with Crippen molar-refractivity contribution >= 4 is 29.6 Å². The van der Waals surface area contributed by atoms with Crippen molar-refractivity contribution in [1.82, 2.24) is 29.9 Å². The predicted molar refractivity (Wildman–Crippen MR) is 298 cm³/mol. The van der Waals surface area contributed by atoms with Crippen LogP contribution in [0.2, 0.25) is 0 Å². The Kier molecular flexibility index (Phi) is 22.3. The maximum atomic E-state index is 15.1. The van der Waals surface area contributed by atoms with E-state index in [0.29, 0.717) is 25.1 Å². The Morgan fingerprint density at radius 2 is 1.52 bits per heavy atom. The number of benzene rings is 1. The molecule has 2 aromatic heterocycles. The van der Waals surface area contributed by atoms with E-state index in [4.69, 9.17) is 48.4 Å². The molecule has 3 fully saturated rings. The number of aromatic nitrogens is 5. The van der Waals surface area contributed by atoms with E-state index in [1.54, 1.807) is 53.2 Å². The average Bonchev–Trinajstić information content (AvgIpc) is 4.07. The average molecular weight is 1160 g/mol. The fourth-order valence-electron chi connectivity index (χ4n) is 13.0. The molecule has 3 aliphatic heterocycles. The molecule has 22 nitrogen and oxygen atoms in total. The highest BCUT2D eigenvalue weighted by Gasteiger charge is 2.57. The summed E-state index contributed by atoms with van der Waals surface area (Å²) in [5.74, 6) is -6.54. The van der Waals surface area contributed by atoms with Crippen LogP contribution in [0.15, 0.2) is 42.9 Å². The highest BCUT2D eigenvalue weighted by atomic mass is 19.1. The van der Waals surface area contributed by atoms with Crippen LogP contribution in [0, 0.1) is 29.6 Å². The van der Waals surface area contributed by atoms with Crippen molar-refractivity contribution in [2.45, 2.75) is 205 Å². The van der Waals surface area contributed by atoms with Crippen molar-refractivity contribution < 1.29 is 76.4 Å². The number of hydrogen-bond donors (Lipinski definition) is 3. The Morgan fingerprint density at radius 3 is 2.10 bits per heavy atom. The number of ether oxygens (including phenoxy) is 9. The Balaban J connectivity index is 1.34. The zero-order chi connectivity index (χ0) is 60.8. The molecule has 23 heteroatoms. The number of likely N-dealkylation sites (N-methyl/N-ethyl adjacent to an activating group) is 1. The summed E-state index contributed by atoms with van der Waals surface area (Å²) in [4.78, 5) is 65.3. The molecule has 3 saturated heterocycles. The Morgan fingerprint density at radius 1 is 0.902 bits per heavy atom. The van der Waals surface area contributed by atoms with E-state index in [0.717, 1.165) is 16.7 Å². The first-order chi connectivity index (χ1) is 38.6. The number of Topliss-reactive ketones (excluding diaryl/α,β-unsaturated/α-hetero) is 1. The minimum absolute atomic E-state index is 0.0249. The third kappa shape index (κ3) is 14.7. The molecule has 20 atom stereocenters. The number of halogens is 1. The van der Waals surface area contributed by atoms with E-state index >= 15 is 4.39 Å². The number of methoxy groups -OCH3 is 3. The van der Waals surface area contributed by atoms with Crippen LogP contribution in [0.1, 0.15) is 132 Å². The maximum Gasteiger partial charge on any atom is 0.309 e. The molecule has 5 heterocycles. The third-order valence-corrected chi connectivity index (χ3v) is 17.7. The first-order valence-corrected chi connectivity index (χ1v) is 28.5. The van der Waals surface area contributed by atoms with Gasteiger partial charge in [-0.1, -0.05) is 64.1 Å². The van der Waals surface area contributed by atoms with E-state index in [2.05, 4.69) is 20.3 Å². The standard InChI is InChI=1S/C59H90FN7O15/c1-17-46-59(12,73)51(71)35(6)48(70)31(2)25-57(10,75-15)52(33(4)47(34(5)54(72)81-46)45-26-58(11,76-16)53(36(7)78-45)80-38(9)69)82-55-50(79-37(8)68)43(24-32(3)77-55)66(13)23-22-42-30-67(65-64-42)44(27-60)49(74-14)40-20-18-39(19-21-40)41-28-62-56(61)63-29-41/h18-21,28-36,43-47,49-53,55,71,73H,17,22-27H2,1-16H3,(H2,61,62,63)/t31-,32-,33+,34-,35+,36+,43+,44-,45?,46-,47+,49-,50-,51-,52-,53+,55+,57-,58-,59-/m1/s1. The smallest absolute Gasteiger partial charge is 0.309 e. The van der Waals surface area contributed by atoms with Crippen LogP contribution in [0.3, 0.4) is 0 Å². The summed E-state index contributed by atoms with van der Waals surface area (Å²) >= 11 is 0. The van der Waals surface area contributed by atoms with Gasteiger partial charge in [0, 0.05) is 96.5 Å². The number of anilines is 1. The van der Waals surface area contributed by atoms with Crippen LogP contribution in [-0.2, 0) is 68.2 Å². The van der Waals surface area contributed by atoms with Crippen LogP contribution in [0.25, 0.3) is 11.1 Å². The Labute approximate surface area is 481 Å². The van der Waals surface area contributed by atoms with Gasteiger partial charge in [-0.05, 0) is 78.0 Å². The zero-order valence-corrected chi connectivity index (χ0v) is 50.6. The summed E-state index contributed by atoms with van der Waals surface area (Å²) in [6.45, 7) is 19.4. The SMILES string of the molecule is CC[C@H]1OC(=O)[C@H](C)[C@@H](C2C[C@@](C)(OC)[C@@H](OC(C)=O)[C@H](C)O2)[C@H](C)[C@@H](O[C@@H]2O[C@H](C)C[C@H](N(C)CCc3cn([C@H](CF)[C@H](OC)c4ccc(-c5cnc(N)nc5)cc4)nn3)[C@H]2OC(C)=O)[C@](C)(OC)C[C@@H](C)C(=O)[C@H](C)[C@@H](O)[C@]1(C)O. The molecule has 3 aromatic rings. The molecule has 0 radical (unpaired) electrons. The minimum Gasteiger partial charge on any atom is -0.459 e. The van der Waals surface area contributed by atoms with Crippen LogP contribution in [0.5, 0.6) is 0 Å². The second-order valence-electron chi connectivity index (χ2n) is 23.7. The third-order valence-electron chi connectivity index (χ3n) is 17.7. The van der Waals surface area contributed by atoms with Crippen molar-refractivity contribution in [2.24, 2.45) is 29.6 Å². The number of ketones is 1. The van der Waals surface area contributed by atoms with E-state index < -0.39 is 144 Å². The van der Waals surface area contributed by atoms with Gasteiger partial charge in [0.05, 0.1) is 53.8 Å². The molecular weight excluding hydrogens is 1070 g/mol. The van der Waals surface area contributed by atoms with Gasteiger partial charge in [0.1, 0.15) is 41.9 Å². The van der Waals surface area contributed by atoms with Crippen molar-refractivity contribution in [3.63, 3.8) is 0 Å². The number of carbonyl (C=O) groups excluding carboxylic acids is 4. The number of nitrogens with zero attached hydrogens (tertiary/aromatic N) is 6. The molecule has 458 valence electrons. The quantitative estimate of drug-likeness (QED) is 0.0973. The molecule has 0 bridgehead atoms. The topological polar surface area (TPSA) is 278 Å². The second-order valence-corrected chi connectivity index (χ2v) is 23.7. The molecule has 82 heavy (non-hydrogen) atoms. The summed E-state index contributed by atoms with van der Waals surface area (Å²) in [5.41, 5.74) is 4.03. The van der Waals surface area contributed by atoms with E-state index in [-0.39, 0.29) is 31.0 Å². The van der Waals surface area contributed by atoms with Gasteiger partial charge in [0.25, 0.3) is 0 Å². The lowest BCUT2D eigenvalue weighted by molar-refractivity contribution is -0.307. The van der Waals surface area contributed by atoms with Crippen molar-refractivity contribution in [3.05, 3.63) is 54.1 Å². The molecule has 0 amide bonds. The number of nitrogens with two attached hydrogens (primary N) is 1. The van der Waals surface area contributed by atoms with Gasteiger partial charge in [-0.15, -0.1) is 5.10 Å². The van der Waals surface area contributed by atoms with Crippen LogP contribution in [0.4, 0.5) is 10.3 Å². The lowest BCUT2D eigenvalue weighted by atomic mass is 9.67. The van der Waals surface area contributed by atoms with Crippen molar-refractivity contribution in [3.8, 4) is 11.1 Å². The Hall–Kier alpha value is -5.11. The number of nitrogen functional groups attached to an aromatic ring is 1. The second kappa shape index (κ2) is 27.7. The fourth-order valence-corrected chi connectivity index (χ4v) is 13.0. The molecule has 0 aliphatic carbocycles. The predicted octanol–water partition coefficient (Wildman–Crippen LogP) is 6.00.